The summed E-state index contributed by atoms with van der Waals surface area (Å²) < 4.78 is 27.9. The first-order valence-electron chi connectivity index (χ1n) is 19.7. The smallest absolute Gasteiger partial charge is 0.317 e. The molecule has 1 atom stereocenters. The molecule has 18 nitrogen and oxygen atoms in total. The second-order valence-electron chi connectivity index (χ2n) is 13.8. The summed E-state index contributed by atoms with van der Waals surface area (Å²) in [6, 6.07) is 9.48. The minimum atomic E-state index is -0.943. The summed E-state index contributed by atoms with van der Waals surface area (Å²) in [5.74, 6) is -2.19. The van der Waals surface area contributed by atoms with Crippen LogP contribution >= 0.6 is 0 Å². The molecule has 2 aliphatic rings. The molecular formula is C38H65N7O11. The Labute approximate surface area is 331 Å². The first kappa shape index (κ1) is 47.1. The second-order valence-corrected chi connectivity index (χ2v) is 13.8. The van der Waals surface area contributed by atoms with E-state index in [1.54, 1.807) is 0 Å². The Morgan fingerprint density at radius 2 is 0.911 bits per heavy atom. The average molecular weight is 796 g/mol. The zero-order valence-electron chi connectivity index (χ0n) is 33.2. The Bertz CT molecular complexity index is 1200. The van der Waals surface area contributed by atoms with E-state index in [-0.39, 0.29) is 44.0 Å². The Morgan fingerprint density at radius 3 is 1.36 bits per heavy atom. The lowest BCUT2D eigenvalue weighted by molar-refractivity contribution is -0.139. The highest BCUT2D eigenvalue weighted by Gasteiger charge is 2.21. The first-order valence-corrected chi connectivity index (χ1v) is 19.7. The number of amides is 2. The van der Waals surface area contributed by atoms with Gasteiger partial charge < -0.3 is 44.5 Å². The van der Waals surface area contributed by atoms with Gasteiger partial charge in [-0.1, -0.05) is 30.3 Å². The molecule has 2 amide bonds. The van der Waals surface area contributed by atoms with Crippen molar-refractivity contribution in [2.75, 3.05) is 171 Å². The molecule has 1 unspecified atom stereocenters. The van der Waals surface area contributed by atoms with E-state index in [9.17, 15) is 29.4 Å². The van der Waals surface area contributed by atoms with Crippen LogP contribution in [0.2, 0.25) is 0 Å². The third-order valence-corrected chi connectivity index (χ3v) is 9.40. The lowest BCUT2D eigenvalue weighted by atomic mass is 10.1. The monoisotopic (exact) mass is 795 g/mol. The fourth-order valence-electron chi connectivity index (χ4n) is 6.23. The number of carboxylic acids is 2. The van der Waals surface area contributed by atoms with Gasteiger partial charge in [-0.05, 0) is 12.5 Å². The molecule has 18 heteroatoms. The van der Waals surface area contributed by atoms with Crippen molar-refractivity contribution in [3.05, 3.63) is 35.9 Å². The fraction of sp³-hybridized carbons (Fsp3) is 0.737. The van der Waals surface area contributed by atoms with Crippen molar-refractivity contribution in [1.82, 2.24) is 35.1 Å². The minimum absolute atomic E-state index is 0.0996. The van der Waals surface area contributed by atoms with Crippen LogP contribution in [0.1, 0.15) is 18.5 Å². The number of carbonyl (C=O) groups is 4. The Balaban J connectivity index is 1.54. The van der Waals surface area contributed by atoms with Gasteiger partial charge in [0.15, 0.2) is 0 Å². The van der Waals surface area contributed by atoms with Crippen molar-refractivity contribution >= 4 is 23.8 Å². The van der Waals surface area contributed by atoms with Crippen molar-refractivity contribution < 1.29 is 53.1 Å². The number of aliphatic carboxylic acids is 2. The highest BCUT2D eigenvalue weighted by Crippen LogP contribution is 2.11. The highest BCUT2D eigenvalue weighted by atomic mass is 16.6. The van der Waals surface area contributed by atoms with Crippen molar-refractivity contribution in [1.29, 1.82) is 0 Å². The SMILES string of the molecule is CC(NC(=O)CN1CCN(CC(=O)O)CCN(CCNC(=O)CN2CCOCCOCCOCCOCCOCC2)CCN(CC(=O)O)CC1)c1ccccc1. The minimum Gasteiger partial charge on any atom is -0.480 e. The zero-order chi connectivity index (χ0) is 40.2. The van der Waals surface area contributed by atoms with E-state index >= 15 is 0 Å². The quantitative estimate of drug-likeness (QED) is 0.185. The number of nitrogens with zero attached hydrogens (tertiary/aromatic N) is 5. The van der Waals surface area contributed by atoms with E-state index < -0.39 is 11.9 Å². The van der Waals surface area contributed by atoms with Crippen LogP contribution < -0.4 is 10.6 Å². The molecule has 4 N–H and O–H groups in total. The maximum atomic E-state index is 13.1. The second kappa shape index (κ2) is 29.0. The Hall–Kier alpha value is -3.30. The van der Waals surface area contributed by atoms with Gasteiger partial charge in [-0.3, -0.25) is 43.7 Å². The number of hydrogen-bond donors (Lipinski definition) is 4. The van der Waals surface area contributed by atoms with Crippen LogP contribution in [0.5, 0.6) is 0 Å². The number of nitrogens with one attached hydrogen (secondary N) is 2. The number of rotatable bonds is 13. The topological polar surface area (TPSA) is 195 Å². The number of carboxylic acid groups (broad SMARTS) is 2. The molecule has 2 heterocycles. The standard InChI is InChI=1S/C38H65N7O11/c1-33(34-5-3-2-4-6-34)40-36(47)30-42-13-15-43(31-37(48)49)11-9-41(10-12-44(16-14-42)32-38(50)51)8-7-39-35(46)29-45-17-19-52-21-23-54-25-27-56-28-26-55-24-22-53-20-18-45/h2-6,33H,7-32H2,1H3,(H,39,46)(H,40,47)(H,48,49)(H,50,51). The normalized spacial score (nSPS) is 20.7. The lowest BCUT2D eigenvalue weighted by Crippen LogP contribution is -2.50. The van der Waals surface area contributed by atoms with Gasteiger partial charge in [0.25, 0.3) is 0 Å². The molecule has 1 aromatic rings. The van der Waals surface area contributed by atoms with Crippen LogP contribution in [0.3, 0.4) is 0 Å². The van der Waals surface area contributed by atoms with E-state index in [1.807, 2.05) is 56.9 Å². The zero-order valence-corrected chi connectivity index (χ0v) is 33.2. The van der Waals surface area contributed by atoms with Crippen LogP contribution in [-0.4, -0.2) is 229 Å². The maximum absolute atomic E-state index is 13.1. The number of hydrogen-bond acceptors (Lipinski definition) is 14. The Morgan fingerprint density at radius 1 is 0.536 bits per heavy atom. The Kier molecular flexibility index (Phi) is 24.4. The fourth-order valence-corrected chi connectivity index (χ4v) is 6.23. The van der Waals surface area contributed by atoms with Crippen molar-refractivity contribution in [3.63, 3.8) is 0 Å². The number of ether oxygens (including phenoxy) is 5. The van der Waals surface area contributed by atoms with Crippen LogP contribution in [-0.2, 0) is 42.9 Å². The van der Waals surface area contributed by atoms with Crippen molar-refractivity contribution in [3.8, 4) is 0 Å². The van der Waals surface area contributed by atoms with Crippen molar-refractivity contribution in [2.45, 2.75) is 13.0 Å². The first-order chi connectivity index (χ1) is 27.2. The molecule has 0 aromatic heterocycles. The van der Waals surface area contributed by atoms with Gasteiger partial charge in [0.2, 0.25) is 11.8 Å². The largest absolute Gasteiger partial charge is 0.480 e. The summed E-state index contributed by atoms with van der Waals surface area (Å²) in [7, 11) is 0. The molecule has 56 heavy (non-hydrogen) atoms. The summed E-state index contributed by atoms with van der Waals surface area (Å²) >= 11 is 0. The summed E-state index contributed by atoms with van der Waals surface area (Å²) in [5.41, 5.74) is 0.986. The van der Waals surface area contributed by atoms with Crippen LogP contribution in [0, 0.1) is 0 Å². The molecule has 2 fully saturated rings. The predicted octanol–water partition coefficient (Wildman–Crippen LogP) is -1.23. The number of carbonyl (C=O) groups excluding carboxylic acids is 2. The average Bonchev–Trinajstić information content (AvgIpc) is 3.16. The molecular weight excluding hydrogens is 730 g/mol. The van der Waals surface area contributed by atoms with Gasteiger partial charge in [0, 0.05) is 78.5 Å². The summed E-state index contributed by atoms with van der Waals surface area (Å²) in [5, 5.41) is 25.4. The molecule has 0 saturated carbocycles. The summed E-state index contributed by atoms with van der Waals surface area (Å²) in [6.07, 6.45) is 0. The summed E-state index contributed by atoms with van der Waals surface area (Å²) in [4.78, 5) is 59.6. The summed E-state index contributed by atoms with van der Waals surface area (Å²) in [6.45, 7) is 12.0. The van der Waals surface area contributed by atoms with Crippen LogP contribution in [0.25, 0.3) is 0 Å². The highest BCUT2D eigenvalue weighted by molar-refractivity contribution is 5.78. The molecule has 318 valence electrons. The van der Waals surface area contributed by atoms with E-state index in [2.05, 4.69) is 15.5 Å². The molecule has 3 rings (SSSR count). The number of benzene rings is 1. The van der Waals surface area contributed by atoms with E-state index in [0.29, 0.717) is 145 Å². The molecule has 0 spiro atoms. The third kappa shape index (κ3) is 22.4. The predicted molar refractivity (Wildman–Crippen MR) is 208 cm³/mol. The molecule has 0 aliphatic carbocycles. The molecule has 0 bridgehead atoms. The lowest BCUT2D eigenvalue weighted by Gasteiger charge is -2.33. The maximum Gasteiger partial charge on any atom is 0.317 e. The van der Waals surface area contributed by atoms with Gasteiger partial charge in [-0.15, -0.1) is 0 Å². The van der Waals surface area contributed by atoms with Gasteiger partial charge in [-0.25, -0.2) is 0 Å². The van der Waals surface area contributed by atoms with Crippen LogP contribution in [0.15, 0.2) is 30.3 Å². The van der Waals surface area contributed by atoms with Gasteiger partial charge >= 0.3 is 11.9 Å². The molecule has 2 saturated heterocycles. The van der Waals surface area contributed by atoms with Crippen LogP contribution in [0.4, 0.5) is 0 Å². The molecule has 2 aliphatic heterocycles. The van der Waals surface area contributed by atoms with E-state index in [4.69, 9.17) is 23.7 Å². The van der Waals surface area contributed by atoms with E-state index in [0.717, 1.165) is 5.56 Å². The molecule has 0 radical (unpaired) electrons. The van der Waals surface area contributed by atoms with E-state index in [1.165, 1.54) is 0 Å². The van der Waals surface area contributed by atoms with Crippen molar-refractivity contribution in [2.24, 2.45) is 0 Å². The van der Waals surface area contributed by atoms with Gasteiger partial charge in [0.1, 0.15) is 0 Å². The van der Waals surface area contributed by atoms with Gasteiger partial charge in [0.05, 0.1) is 98.3 Å². The molecule has 1 aromatic carbocycles. The van der Waals surface area contributed by atoms with Gasteiger partial charge in [-0.2, -0.15) is 0 Å². The third-order valence-electron chi connectivity index (χ3n) is 9.40.